The van der Waals surface area contributed by atoms with Gasteiger partial charge < -0.3 is 14.2 Å². The number of allylic oxidation sites excluding steroid dienone is 8. The Bertz CT molecular complexity index is 1090. The summed E-state index contributed by atoms with van der Waals surface area (Å²) >= 11 is 0. The largest absolute Gasteiger partial charge is 0.462 e. The van der Waals surface area contributed by atoms with Crippen LogP contribution in [-0.2, 0) is 28.6 Å². The van der Waals surface area contributed by atoms with Crippen molar-refractivity contribution in [1.82, 2.24) is 0 Å². The number of ether oxygens (including phenoxy) is 3. The number of carbonyl (C=O) groups excluding carboxylic acids is 3. The molecule has 0 spiro atoms. The third kappa shape index (κ3) is 48.4. The molecule has 6 nitrogen and oxygen atoms in total. The first-order chi connectivity index (χ1) is 30.5. The van der Waals surface area contributed by atoms with E-state index >= 15 is 0 Å². The molecule has 0 aliphatic carbocycles. The van der Waals surface area contributed by atoms with Crippen molar-refractivity contribution in [2.45, 2.75) is 277 Å². The summed E-state index contributed by atoms with van der Waals surface area (Å²) in [6.07, 6.45) is 61.0. The summed E-state index contributed by atoms with van der Waals surface area (Å²) in [6, 6.07) is 0. The molecule has 1 unspecified atom stereocenters. The van der Waals surface area contributed by atoms with Crippen LogP contribution >= 0.6 is 0 Å². The second-order valence-electron chi connectivity index (χ2n) is 17.8. The molecule has 0 heterocycles. The monoisotopic (exact) mass is 869 g/mol. The van der Waals surface area contributed by atoms with Crippen LogP contribution in [0.25, 0.3) is 0 Å². The van der Waals surface area contributed by atoms with Crippen LogP contribution in [-0.4, -0.2) is 37.2 Å². The van der Waals surface area contributed by atoms with Crippen LogP contribution in [0.1, 0.15) is 271 Å². The van der Waals surface area contributed by atoms with Crippen LogP contribution in [0.3, 0.4) is 0 Å². The molecule has 0 aromatic rings. The number of esters is 3. The minimum Gasteiger partial charge on any atom is -0.462 e. The highest BCUT2D eigenvalue weighted by Crippen LogP contribution is 2.15. The van der Waals surface area contributed by atoms with Gasteiger partial charge in [0.05, 0.1) is 0 Å². The Morgan fingerprint density at radius 3 is 0.903 bits per heavy atom. The topological polar surface area (TPSA) is 78.9 Å². The maximum absolute atomic E-state index is 12.8. The van der Waals surface area contributed by atoms with Crippen molar-refractivity contribution >= 4 is 17.9 Å². The summed E-state index contributed by atoms with van der Waals surface area (Å²) in [6.45, 7) is 6.58. The van der Waals surface area contributed by atoms with E-state index in [0.717, 1.165) is 83.5 Å². The smallest absolute Gasteiger partial charge is 0.306 e. The minimum atomic E-state index is -0.777. The lowest BCUT2D eigenvalue weighted by atomic mass is 10.1. The Labute approximate surface area is 384 Å². The molecule has 360 valence electrons. The molecule has 0 saturated heterocycles. The number of hydrogen-bond acceptors (Lipinski definition) is 6. The number of unbranched alkanes of at least 4 members (excludes halogenated alkanes) is 29. The molecule has 6 heteroatoms. The molecular weight excluding hydrogens is 769 g/mol. The summed E-state index contributed by atoms with van der Waals surface area (Å²) in [7, 11) is 0. The standard InChI is InChI=1S/C56H100O6/c1-4-7-10-13-16-19-21-23-25-27-29-31-33-35-37-40-43-46-49-55(58)61-52-53(51-60-54(57)48-45-42-39-18-15-12-9-6-3)62-56(59)50-47-44-41-38-36-34-32-30-28-26-24-22-20-17-14-11-8-5-2/h19-22,25-28,53H,4-18,23-24,29-52H2,1-3H3/b21-19-,22-20-,27-25-,28-26-. The van der Waals surface area contributed by atoms with Crippen LogP contribution < -0.4 is 0 Å². The maximum Gasteiger partial charge on any atom is 0.306 e. The number of rotatable bonds is 48. The molecule has 0 aromatic heterocycles. The van der Waals surface area contributed by atoms with Crippen molar-refractivity contribution in [3.05, 3.63) is 48.6 Å². The lowest BCUT2D eigenvalue weighted by Crippen LogP contribution is -2.30. The van der Waals surface area contributed by atoms with Gasteiger partial charge >= 0.3 is 17.9 Å². The van der Waals surface area contributed by atoms with E-state index in [1.807, 2.05) is 0 Å². The molecule has 0 aliphatic rings. The van der Waals surface area contributed by atoms with E-state index in [2.05, 4.69) is 69.4 Å². The molecule has 0 fully saturated rings. The van der Waals surface area contributed by atoms with E-state index in [-0.39, 0.29) is 31.1 Å². The van der Waals surface area contributed by atoms with Gasteiger partial charge in [-0.15, -0.1) is 0 Å². The summed E-state index contributed by atoms with van der Waals surface area (Å²) in [5, 5.41) is 0. The zero-order valence-corrected chi connectivity index (χ0v) is 41.1. The Kier molecular flexibility index (Phi) is 48.8. The highest BCUT2D eigenvalue weighted by atomic mass is 16.6. The fourth-order valence-corrected chi connectivity index (χ4v) is 7.50. The minimum absolute atomic E-state index is 0.0775. The van der Waals surface area contributed by atoms with Gasteiger partial charge in [-0.25, -0.2) is 0 Å². The first-order valence-corrected chi connectivity index (χ1v) is 26.6. The Morgan fingerprint density at radius 2 is 0.581 bits per heavy atom. The van der Waals surface area contributed by atoms with E-state index in [0.29, 0.717) is 19.3 Å². The molecule has 0 rings (SSSR count). The zero-order chi connectivity index (χ0) is 45.1. The van der Waals surface area contributed by atoms with Gasteiger partial charge in [-0.05, 0) is 83.5 Å². The Morgan fingerprint density at radius 1 is 0.323 bits per heavy atom. The number of hydrogen-bond donors (Lipinski definition) is 0. The van der Waals surface area contributed by atoms with E-state index in [9.17, 15) is 14.4 Å². The van der Waals surface area contributed by atoms with Crippen molar-refractivity contribution in [1.29, 1.82) is 0 Å². The van der Waals surface area contributed by atoms with Gasteiger partial charge in [0.2, 0.25) is 0 Å². The third-order valence-electron chi connectivity index (χ3n) is 11.6. The number of carbonyl (C=O) groups is 3. The van der Waals surface area contributed by atoms with Gasteiger partial charge in [-0.1, -0.05) is 217 Å². The second kappa shape index (κ2) is 51.0. The molecular formula is C56H100O6. The van der Waals surface area contributed by atoms with Crippen molar-refractivity contribution in [2.75, 3.05) is 13.2 Å². The van der Waals surface area contributed by atoms with E-state index in [1.165, 1.54) is 148 Å². The van der Waals surface area contributed by atoms with Crippen LogP contribution in [0.4, 0.5) is 0 Å². The predicted octanol–water partition coefficient (Wildman–Crippen LogP) is 17.5. The highest BCUT2D eigenvalue weighted by molar-refractivity contribution is 5.71. The van der Waals surface area contributed by atoms with Gasteiger partial charge in [0.25, 0.3) is 0 Å². The molecule has 0 amide bonds. The van der Waals surface area contributed by atoms with E-state index in [4.69, 9.17) is 14.2 Å². The normalized spacial score (nSPS) is 12.4. The predicted molar refractivity (Wildman–Crippen MR) is 265 cm³/mol. The SMILES string of the molecule is CCCCCC/C=C\C/C=C\CCCCCCCCCC(=O)OCC(COC(=O)CCCCCCCCCC)OC(=O)CCCCCCCCC/C=C\C/C=C\CCCCCC. The van der Waals surface area contributed by atoms with E-state index < -0.39 is 6.10 Å². The van der Waals surface area contributed by atoms with Gasteiger partial charge in [-0.3, -0.25) is 14.4 Å². The first kappa shape index (κ1) is 59.4. The van der Waals surface area contributed by atoms with E-state index in [1.54, 1.807) is 0 Å². The van der Waals surface area contributed by atoms with Crippen molar-refractivity contribution < 1.29 is 28.6 Å². The summed E-state index contributed by atoms with van der Waals surface area (Å²) in [4.78, 5) is 37.9. The zero-order valence-electron chi connectivity index (χ0n) is 41.1. The summed E-state index contributed by atoms with van der Waals surface area (Å²) in [5.74, 6) is -0.890. The van der Waals surface area contributed by atoms with Gasteiger partial charge in [0.15, 0.2) is 6.10 Å². The van der Waals surface area contributed by atoms with Gasteiger partial charge in [0.1, 0.15) is 13.2 Å². The molecule has 62 heavy (non-hydrogen) atoms. The van der Waals surface area contributed by atoms with Crippen LogP contribution in [0.15, 0.2) is 48.6 Å². The maximum atomic E-state index is 12.8. The molecule has 0 N–H and O–H groups in total. The first-order valence-electron chi connectivity index (χ1n) is 26.6. The molecule has 0 radical (unpaired) electrons. The van der Waals surface area contributed by atoms with Crippen molar-refractivity contribution in [3.63, 3.8) is 0 Å². The van der Waals surface area contributed by atoms with Crippen molar-refractivity contribution in [3.8, 4) is 0 Å². The third-order valence-corrected chi connectivity index (χ3v) is 11.6. The average molecular weight is 869 g/mol. The summed E-state index contributed by atoms with van der Waals surface area (Å²) < 4.78 is 16.8. The van der Waals surface area contributed by atoms with Gasteiger partial charge in [-0.2, -0.15) is 0 Å². The molecule has 0 bridgehead atoms. The second-order valence-corrected chi connectivity index (χ2v) is 17.8. The molecule has 0 aromatic carbocycles. The summed E-state index contributed by atoms with van der Waals surface area (Å²) in [5.41, 5.74) is 0. The van der Waals surface area contributed by atoms with Crippen molar-refractivity contribution in [2.24, 2.45) is 0 Å². The Balaban J connectivity index is 4.30. The fourth-order valence-electron chi connectivity index (χ4n) is 7.50. The fraction of sp³-hybridized carbons (Fsp3) is 0.804. The molecule has 0 aliphatic heterocycles. The quantitative estimate of drug-likeness (QED) is 0.0262. The van der Waals surface area contributed by atoms with Gasteiger partial charge in [0, 0.05) is 19.3 Å². The average Bonchev–Trinajstić information content (AvgIpc) is 3.27. The van der Waals surface area contributed by atoms with Crippen LogP contribution in [0.5, 0.6) is 0 Å². The molecule has 1 atom stereocenters. The lowest BCUT2D eigenvalue weighted by Gasteiger charge is -2.18. The van der Waals surface area contributed by atoms with Crippen LogP contribution in [0.2, 0.25) is 0 Å². The highest BCUT2D eigenvalue weighted by Gasteiger charge is 2.19. The Hall–Kier alpha value is -2.63. The molecule has 0 saturated carbocycles. The lowest BCUT2D eigenvalue weighted by molar-refractivity contribution is -0.167. The van der Waals surface area contributed by atoms with Crippen LogP contribution in [0, 0.1) is 0 Å².